The summed E-state index contributed by atoms with van der Waals surface area (Å²) in [6, 6.07) is 15.3. The predicted octanol–water partition coefficient (Wildman–Crippen LogP) is 4.32. The second-order valence-corrected chi connectivity index (χ2v) is 5.60. The molecule has 0 aliphatic rings. The maximum atomic E-state index is 6.01. The van der Waals surface area contributed by atoms with Crippen molar-refractivity contribution in [3.63, 3.8) is 0 Å². The summed E-state index contributed by atoms with van der Waals surface area (Å²) in [5.74, 6) is 1.54. The molecular formula is C16H14ClN3OS. The Morgan fingerprint density at radius 2 is 2.00 bits per heavy atom. The highest BCUT2D eigenvalue weighted by Gasteiger charge is 2.06. The van der Waals surface area contributed by atoms with Crippen molar-refractivity contribution in [3.8, 4) is 17.1 Å². The van der Waals surface area contributed by atoms with Gasteiger partial charge in [0.05, 0.1) is 13.7 Å². The van der Waals surface area contributed by atoms with E-state index in [2.05, 4.69) is 10.1 Å². The summed E-state index contributed by atoms with van der Waals surface area (Å²) < 4.78 is 7.48. The Morgan fingerprint density at radius 1 is 1.23 bits per heavy atom. The number of rotatable bonds is 4. The third-order valence-electron chi connectivity index (χ3n) is 3.27. The van der Waals surface area contributed by atoms with Crippen LogP contribution in [0.15, 0.2) is 48.5 Å². The molecule has 6 heteroatoms. The van der Waals surface area contributed by atoms with E-state index >= 15 is 0 Å². The van der Waals surface area contributed by atoms with Gasteiger partial charge < -0.3 is 4.74 Å². The molecule has 3 aromatic rings. The van der Waals surface area contributed by atoms with Gasteiger partial charge in [-0.05, 0) is 54.2 Å². The van der Waals surface area contributed by atoms with E-state index in [0.717, 1.165) is 22.7 Å². The molecule has 0 fully saturated rings. The van der Waals surface area contributed by atoms with Gasteiger partial charge in [-0.15, -0.1) is 0 Å². The number of aromatic amines is 1. The molecular weight excluding hydrogens is 318 g/mol. The first-order chi connectivity index (χ1) is 10.7. The van der Waals surface area contributed by atoms with Crippen LogP contribution in [0.3, 0.4) is 0 Å². The Hall–Kier alpha value is -2.11. The lowest BCUT2D eigenvalue weighted by molar-refractivity contribution is 0.415. The largest absolute Gasteiger partial charge is 0.497 e. The highest BCUT2D eigenvalue weighted by Crippen LogP contribution is 2.19. The first-order valence-electron chi connectivity index (χ1n) is 6.71. The molecule has 0 aliphatic carbocycles. The normalized spacial score (nSPS) is 10.6. The summed E-state index contributed by atoms with van der Waals surface area (Å²) in [7, 11) is 1.64. The lowest BCUT2D eigenvalue weighted by atomic mass is 10.2. The molecule has 0 bridgehead atoms. The van der Waals surface area contributed by atoms with Crippen molar-refractivity contribution in [2.75, 3.05) is 7.11 Å². The van der Waals surface area contributed by atoms with Gasteiger partial charge in [0.15, 0.2) is 5.82 Å². The molecule has 1 heterocycles. The fourth-order valence-corrected chi connectivity index (χ4v) is 2.57. The van der Waals surface area contributed by atoms with E-state index < -0.39 is 0 Å². The number of ether oxygens (including phenoxy) is 1. The Bertz CT molecular complexity index is 839. The summed E-state index contributed by atoms with van der Waals surface area (Å²) in [6.07, 6.45) is 0. The Labute approximate surface area is 138 Å². The average Bonchev–Trinajstić information content (AvgIpc) is 2.88. The van der Waals surface area contributed by atoms with Gasteiger partial charge in [0.2, 0.25) is 4.77 Å². The molecule has 0 amide bonds. The highest BCUT2D eigenvalue weighted by atomic mass is 35.5. The Kier molecular flexibility index (Phi) is 4.27. The monoisotopic (exact) mass is 331 g/mol. The molecule has 3 rings (SSSR count). The molecule has 0 saturated heterocycles. The second kappa shape index (κ2) is 6.34. The third-order valence-corrected chi connectivity index (χ3v) is 3.82. The van der Waals surface area contributed by atoms with Crippen LogP contribution >= 0.6 is 23.8 Å². The van der Waals surface area contributed by atoms with Gasteiger partial charge in [-0.3, -0.25) is 9.78 Å². The molecule has 22 heavy (non-hydrogen) atoms. The van der Waals surface area contributed by atoms with Gasteiger partial charge in [-0.25, -0.2) is 0 Å². The zero-order chi connectivity index (χ0) is 15.5. The molecule has 0 aliphatic heterocycles. The Balaban J connectivity index is 1.88. The topological polar surface area (TPSA) is 42.8 Å². The summed E-state index contributed by atoms with van der Waals surface area (Å²) in [5.41, 5.74) is 2.02. The second-order valence-electron chi connectivity index (χ2n) is 4.80. The smallest absolute Gasteiger partial charge is 0.216 e. The molecule has 4 nitrogen and oxygen atoms in total. The Morgan fingerprint density at radius 3 is 2.68 bits per heavy atom. The van der Waals surface area contributed by atoms with Crippen LogP contribution in [-0.4, -0.2) is 21.9 Å². The van der Waals surface area contributed by atoms with E-state index in [1.807, 2.05) is 53.2 Å². The predicted molar refractivity (Wildman–Crippen MR) is 90.0 cm³/mol. The lowest BCUT2D eigenvalue weighted by Gasteiger charge is -2.03. The molecule has 1 aromatic heterocycles. The number of methoxy groups -OCH3 is 1. The lowest BCUT2D eigenvalue weighted by Crippen LogP contribution is -2.01. The first-order valence-corrected chi connectivity index (χ1v) is 7.50. The van der Waals surface area contributed by atoms with E-state index in [1.165, 1.54) is 0 Å². The van der Waals surface area contributed by atoms with Crippen LogP contribution in [0.25, 0.3) is 11.4 Å². The van der Waals surface area contributed by atoms with Gasteiger partial charge in [0.1, 0.15) is 5.75 Å². The minimum Gasteiger partial charge on any atom is -0.497 e. The summed E-state index contributed by atoms with van der Waals surface area (Å²) in [5, 5.41) is 3.93. The fourth-order valence-electron chi connectivity index (χ4n) is 2.16. The third kappa shape index (κ3) is 3.21. The number of hydrogen-bond acceptors (Lipinski definition) is 3. The maximum absolute atomic E-state index is 6.01. The minimum atomic E-state index is 0.505. The van der Waals surface area contributed by atoms with Crippen molar-refractivity contribution in [1.82, 2.24) is 14.8 Å². The molecule has 0 spiro atoms. The number of benzene rings is 2. The van der Waals surface area contributed by atoms with Crippen LogP contribution in [0.1, 0.15) is 5.56 Å². The highest BCUT2D eigenvalue weighted by molar-refractivity contribution is 7.71. The van der Waals surface area contributed by atoms with Gasteiger partial charge in [-0.1, -0.05) is 23.7 Å². The summed E-state index contributed by atoms with van der Waals surface area (Å²) in [6.45, 7) is 0.600. The fraction of sp³-hybridized carbons (Fsp3) is 0.125. The van der Waals surface area contributed by atoms with Gasteiger partial charge in [0, 0.05) is 10.6 Å². The molecule has 2 aromatic carbocycles. The zero-order valence-electron chi connectivity index (χ0n) is 11.9. The maximum Gasteiger partial charge on any atom is 0.216 e. The number of aromatic nitrogens is 3. The van der Waals surface area contributed by atoms with Crippen LogP contribution in [0.4, 0.5) is 0 Å². The quantitative estimate of drug-likeness (QED) is 0.724. The van der Waals surface area contributed by atoms with Crippen molar-refractivity contribution in [1.29, 1.82) is 0 Å². The number of H-pyrrole nitrogens is 1. The van der Waals surface area contributed by atoms with Crippen LogP contribution in [0.5, 0.6) is 5.75 Å². The van der Waals surface area contributed by atoms with Crippen molar-refractivity contribution >= 4 is 23.8 Å². The molecule has 0 atom stereocenters. The number of nitrogens with one attached hydrogen (secondary N) is 1. The van der Waals surface area contributed by atoms with Crippen LogP contribution in [0, 0.1) is 4.77 Å². The van der Waals surface area contributed by atoms with Crippen LogP contribution in [-0.2, 0) is 6.54 Å². The number of nitrogens with zero attached hydrogens (tertiary/aromatic N) is 2. The molecule has 0 radical (unpaired) electrons. The van der Waals surface area contributed by atoms with E-state index in [-0.39, 0.29) is 0 Å². The van der Waals surface area contributed by atoms with Gasteiger partial charge in [0.25, 0.3) is 0 Å². The van der Waals surface area contributed by atoms with E-state index in [9.17, 15) is 0 Å². The van der Waals surface area contributed by atoms with Crippen molar-refractivity contribution < 1.29 is 4.74 Å². The average molecular weight is 332 g/mol. The van der Waals surface area contributed by atoms with Gasteiger partial charge >= 0.3 is 0 Å². The summed E-state index contributed by atoms with van der Waals surface area (Å²) >= 11 is 11.3. The molecule has 112 valence electrons. The first kappa shape index (κ1) is 14.8. The standard InChI is InChI=1S/C16H14ClN3OS/c1-21-14-7-5-12(6-8-14)15-18-16(22)20(19-15)10-11-3-2-4-13(17)9-11/h2-9H,10H2,1H3,(H,18,19,22). The van der Waals surface area contributed by atoms with Crippen LogP contribution < -0.4 is 4.74 Å². The van der Waals surface area contributed by atoms with Crippen molar-refractivity contribution in [2.24, 2.45) is 0 Å². The van der Waals surface area contributed by atoms with Gasteiger partial charge in [-0.2, -0.15) is 4.98 Å². The minimum absolute atomic E-state index is 0.505. The zero-order valence-corrected chi connectivity index (χ0v) is 13.5. The molecule has 1 N–H and O–H groups in total. The summed E-state index contributed by atoms with van der Waals surface area (Å²) in [4.78, 5) is 4.40. The number of hydrogen-bond donors (Lipinski definition) is 1. The number of halogens is 1. The molecule has 0 saturated carbocycles. The van der Waals surface area contributed by atoms with Crippen molar-refractivity contribution in [3.05, 3.63) is 63.9 Å². The van der Waals surface area contributed by atoms with E-state index in [4.69, 9.17) is 28.6 Å². The van der Waals surface area contributed by atoms with E-state index in [0.29, 0.717) is 16.3 Å². The molecule has 0 unspecified atom stereocenters. The SMILES string of the molecule is COc1ccc(-c2nc(=S)n(Cc3cccc(Cl)c3)[nH]2)cc1. The van der Waals surface area contributed by atoms with E-state index in [1.54, 1.807) is 7.11 Å². The van der Waals surface area contributed by atoms with Crippen molar-refractivity contribution in [2.45, 2.75) is 6.54 Å². The van der Waals surface area contributed by atoms with Crippen LogP contribution in [0.2, 0.25) is 5.02 Å².